The molecule has 5 heteroatoms. The summed E-state index contributed by atoms with van der Waals surface area (Å²) in [6, 6.07) is 3.12. The van der Waals surface area contributed by atoms with Gasteiger partial charge in [0.1, 0.15) is 0 Å². The lowest BCUT2D eigenvalue weighted by Gasteiger charge is -2.29. The van der Waals surface area contributed by atoms with Gasteiger partial charge in [-0.05, 0) is 25.0 Å². The van der Waals surface area contributed by atoms with Gasteiger partial charge in [-0.1, -0.05) is 30.9 Å². The number of anilines is 2. The second kappa shape index (κ2) is 6.15. The first kappa shape index (κ1) is 14.0. The molecule has 0 unspecified atom stereocenters. The van der Waals surface area contributed by atoms with Gasteiger partial charge in [0.25, 0.3) is 0 Å². The summed E-state index contributed by atoms with van der Waals surface area (Å²) < 4.78 is 0. The summed E-state index contributed by atoms with van der Waals surface area (Å²) >= 11 is 6.22. The van der Waals surface area contributed by atoms with Gasteiger partial charge in [0.15, 0.2) is 0 Å². The van der Waals surface area contributed by atoms with Crippen LogP contribution in [0.1, 0.15) is 42.5 Å². The maximum absolute atomic E-state index is 11.4. The predicted octanol–water partition coefficient (Wildman–Crippen LogP) is 3.39. The van der Waals surface area contributed by atoms with E-state index in [1.54, 1.807) is 6.07 Å². The fraction of sp³-hybridized carbons (Fsp3) is 0.500. The first-order valence-corrected chi connectivity index (χ1v) is 7.04. The molecule has 1 aliphatic rings. The van der Waals surface area contributed by atoms with Gasteiger partial charge in [-0.2, -0.15) is 0 Å². The van der Waals surface area contributed by atoms with E-state index < -0.39 is 5.97 Å². The van der Waals surface area contributed by atoms with Crippen molar-refractivity contribution in [1.29, 1.82) is 0 Å². The lowest BCUT2D eigenvalue weighted by Crippen LogP contribution is -2.29. The maximum Gasteiger partial charge on any atom is 0.337 e. The number of benzene rings is 1. The Labute approximate surface area is 118 Å². The van der Waals surface area contributed by atoms with Gasteiger partial charge in [0.05, 0.1) is 16.3 Å². The third kappa shape index (κ3) is 3.32. The van der Waals surface area contributed by atoms with Crippen molar-refractivity contribution in [2.75, 3.05) is 23.7 Å². The molecule has 0 atom stereocenters. The Morgan fingerprint density at radius 1 is 1.16 bits per heavy atom. The molecule has 104 valence electrons. The van der Waals surface area contributed by atoms with Crippen molar-refractivity contribution in [1.82, 2.24) is 0 Å². The summed E-state index contributed by atoms with van der Waals surface area (Å²) in [4.78, 5) is 13.5. The quantitative estimate of drug-likeness (QED) is 0.816. The van der Waals surface area contributed by atoms with Crippen molar-refractivity contribution in [3.63, 3.8) is 0 Å². The molecule has 1 aromatic carbocycles. The Bertz CT molecular complexity index is 469. The molecule has 1 aliphatic heterocycles. The maximum atomic E-state index is 11.4. The second-order valence-electron chi connectivity index (χ2n) is 4.96. The lowest BCUT2D eigenvalue weighted by atomic mass is 10.1. The molecule has 0 aromatic heterocycles. The Hall–Kier alpha value is -1.42. The highest BCUT2D eigenvalue weighted by atomic mass is 35.5. The molecule has 0 bridgehead atoms. The number of carboxylic acids is 1. The van der Waals surface area contributed by atoms with Gasteiger partial charge < -0.3 is 15.7 Å². The summed E-state index contributed by atoms with van der Waals surface area (Å²) in [6.07, 6.45) is 5.77. The van der Waals surface area contributed by atoms with E-state index in [-0.39, 0.29) is 5.56 Å². The fourth-order valence-electron chi connectivity index (χ4n) is 2.58. The van der Waals surface area contributed by atoms with Crippen LogP contribution in [0.3, 0.4) is 0 Å². The molecular formula is C14H19ClN2O2. The van der Waals surface area contributed by atoms with E-state index in [0.29, 0.717) is 16.4 Å². The predicted molar refractivity (Wildman–Crippen MR) is 78.1 cm³/mol. The summed E-state index contributed by atoms with van der Waals surface area (Å²) in [5, 5.41) is 9.76. The van der Waals surface area contributed by atoms with E-state index >= 15 is 0 Å². The SMILES string of the molecule is Nc1cc(Cl)c(N2CCCCCCC2)c(C(=O)O)c1. The molecule has 1 saturated heterocycles. The summed E-state index contributed by atoms with van der Waals surface area (Å²) in [6.45, 7) is 1.70. The van der Waals surface area contributed by atoms with E-state index in [9.17, 15) is 9.90 Å². The number of hydrogen-bond donors (Lipinski definition) is 2. The standard InChI is InChI=1S/C14H19ClN2O2/c15-12-9-10(16)8-11(14(18)19)13(12)17-6-4-2-1-3-5-7-17/h8-9H,1-7,16H2,(H,18,19). The molecule has 0 radical (unpaired) electrons. The highest BCUT2D eigenvalue weighted by molar-refractivity contribution is 6.34. The molecule has 0 amide bonds. The fourth-order valence-corrected chi connectivity index (χ4v) is 2.92. The molecule has 0 saturated carbocycles. The average Bonchev–Trinajstić information content (AvgIpc) is 2.29. The van der Waals surface area contributed by atoms with Crippen LogP contribution in [0.15, 0.2) is 12.1 Å². The van der Waals surface area contributed by atoms with E-state index in [1.807, 2.05) is 0 Å². The van der Waals surface area contributed by atoms with Crippen LogP contribution in [0, 0.1) is 0 Å². The van der Waals surface area contributed by atoms with E-state index in [2.05, 4.69) is 4.90 Å². The third-order valence-corrected chi connectivity index (χ3v) is 3.78. The molecule has 0 spiro atoms. The Morgan fingerprint density at radius 2 is 1.74 bits per heavy atom. The number of nitrogen functional groups attached to an aromatic ring is 1. The van der Waals surface area contributed by atoms with Gasteiger partial charge in [0, 0.05) is 18.8 Å². The number of halogens is 1. The normalized spacial score (nSPS) is 16.8. The average molecular weight is 283 g/mol. The molecule has 19 heavy (non-hydrogen) atoms. The van der Waals surface area contributed by atoms with Crippen molar-refractivity contribution in [3.05, 3.63) is 22.7 Å². The highest BCUT2D eigenvalue weighted by Crippen LogP contribution is 2.33. The van der Waals surface area contributed by atoms with E-state index in [1.165, 1.54) is 25.3 Å². The highest BCUT2D eigenvalue weighted by Gasteiger charge is 2.20. The van der Waals surface area contributed by atoms with Crippen LogP contribution in [-0.2, 0) is 0 Å². The number of hydrogen-bond acceptors (Lipinski definition) is 3. The van der Waals surface area contributed by atoms with Crippen LogP contribution in [0.4, 0.5) is 11.4 Å². The summed E-state index contributed by atoms with van der Waals surface area (Å²) in [5.41, 5.74) is 6.89. The van der Waals surface area contributed by atoms with E-state index in [4.69, 9.17) is 17.3 Å². The zero-order chi connectivity index (χ0) is 13.8. The van der Waals surface area contributed by atoms with Gasteiger partial charge in [-0.3, -0.25) is 0 Å². The zero-order valence-electron chi connectivity index (χ0n) is 10.9. The van der Waals surface area contributed by atoms with Crippen LogP contribution >= 0.6 is 11.6 Å². The van der Waals surface area contributed by atoms with Crippen LogP contribution in [-0.4, -0.2) is 24.2 Å². The molecular weight excluding hydrogens is 264 g/mol. The molecule has 2 rings (SSSR count). The molecule has 0 aliphatic carbocycles. The molecule has 4 nitrogen and oxygen atoms in total. The largest absolute Gasteiger partial charge is 0.478 e. The van der Waals surface area contributed by atoms with E-state index in [0.717, 1.165) is 25.9 Å². The number of aromatic carboxylic acids is 1. The Morgan fingerprint density at radius 3 is 2.32 bits per heavy atom. The topological polar surface area (TPSA) is 66.6 Å². The van der Waals surface area contributed by atoms with Gasteiger partial charge in [-0.15, -0.1) is 0 Å². The first-order valence-electron chi connectivity index (χ1n) is 6.67. The molecule has 1 fully saturated rings. The number of nitrogens with two attached hydrogens (primary N) is 1. The smallest absolute Gasteiger partial charge is 0.337 e. The first-order chi connectivity index (χ1) is 9.09. The van der Waals surface area contributed by atoms with Crippen molar-refractivity contribution >= 4 is 28.9 Å². The minimum Gasteiger partial charge on any atom is -0.478 e. The summed E-state index contributed by atoms with van der Waals surface area (Å²) in [5.74, 6) is -0.980. The zero-order valence-corrected chi connectivity index (χ0v) is 11.6. The van der Waals surface area contributed by atoms with Crippen molar-refractivity contribution in [2.45, 2.75) is 32.1 Å². The number of carbonyl (C=O) groups is 1. The monoisotopic (exact) mass is 282 g/mol. The molecule has 1 aromatic rings. The van der Waals surface area contributed by atoms with Gasteiger partial charge >= 0.3 is 5.97 Å². The Balaban J connectivity index is 2.38. The number of nitrogens with zero attached hydrogens (tertiary/aromatic N) is 1. The number of rotatable bonds is 2. The van der Waals surface area contributed by atoms with Crippen LogP contribution in [0.2, 0.25) is 5.02 Å². The van der Waals surface area contributed by atoms with Crippen molar-refractivity contribution in [2.24, 2.45) is 0 Å². The van der Waals surface area contributed by atoms with Crippen LogP contribution in [0.25, 0.3) is 0 Å². The van der Waals surface area contributed by atoms with Crippen LogP contribution < -0.4 is 10.6 Å². The van der Waals surface area contributed by atoms with Gasteiger partial charge in [-0.25, -0.2) is 4.79 Å². The third-order valence-electron chi connectivity index (χ3n) is 3.49. The minimum atomic E-state index is -0.980. The molecule has 3 N–H and O–H groups in total. The minimum absolute atomic E-state index is 0.200. The van der Waals surface area contributed by atoms with Crippen LogP contribution in [0.5, 0.6) is 0 Å². The second-order valence-corrected chi connectivity index (χ2v) is 5.37. The summed E-state index contributed by atoms with van der Waals surface area (Å²) in [7, 11) is 0. The van der Waals surface area contributed by atoms with Crippen molar-refractivity contribution in [3.8, 4) is 0 Å². The Kier molecular flexibility index (Phi) is 4.53. The van der Waals surface area contributed by atoms with Crippen molar-refractivity contribution < 1.29 is 9.90 Å². The lowest BCUT2D eigenvalue weighted by molar-refractivity contribution is 0.0697. The number of carboxylic acid groups (broad SMARTS) is 1. The van der Waals surface area contributed by atoms with Gasteiger partial charge in [0.2, 0.25) is 0 Å². The molecule has 1 heterocycles.